The molecule has 0 aromatic heterocycles. The van der Waals surface area contributed by atoms with Gasteiger partial charge in [0.1, 0.15) is 5.70 Å². The summed E-state index contributed by atoms with van der Waals surface area (Å²) >= 11 is 6.79. The highest BCUT2D eigenvalue weighted by Gasteiger charge is 2.14. The number of carbonyl (C=O) groups excluding carboxylic acids is 2. The third kappa shape index (κ3) is 4.35. The Morgan fingerprint density at radius 1 is 1.15 bits per heavy atom. The third-order valence-corrected chi connectivity index (χ3v) is 3.90. The first-order valence-electron chi connectivity index (χ1n) is 5.49. The molecule has 0 aliphatic carbocycles. The summed E-state index contributed by atoms with van der Waals surface area (Å²) < 4.78 is 10.7. The minimum atomic E-state index is -0.668. The molecule has 1 aromatic carbocycles. The zero-order chi connectivity index (χ0) is 15.3. The Hall–Kier alpha value is -1.34. The second-order valence-corrected chi connectivity index (χ2v) is 5.49. The van der Waals surface area contributed by atoms with Gasteiger partial charge in [-0.15, -0.1) is 0 Å². The molecule has 0 saturated carbocycles. The summed E-state index contributed by atoms with van der Waals surface area (Å²) in [6, 6.07) is 3.66. The van der Waals surface area contributed by atoms with E-state index in [4.69, 9.17) is 0 Å². The van der Waals surface area contributed by atoms with Gasteiger partial charge in [0.15, 0.2) is 0 Å². The van der Waals surface area contributed by atoms with E-state index in [0.29, 0.717) is 5.69 Å². The van der Waals surface area contributed by atoms with Gasteiger partial charge in [-0.05, 0) is 40.5 Å². The molecule has 20 heavy (non-hydrogen) atoms. The van der Waals surface area contributed by atoms with E-state index in [9.17, 15) is 9.59 Å². The number of carbonyl (C=O) groups is 2. The number of benzene rings is 1. The normalized spacial score (nSPS) is 10.9. The number of hydrogen-bond acceptors (Lipinski definition) is 5. The Morgan fingerprint density at radius 2 is 1.80 bits per heavy atom. The maximum absolute atomic E-state index is 11.6. The summed E-state index contributed by atoms with van der Waals surface area (Å²) in [6.07, 6.45) is 1.03. The van der Waals surface area contributed by atoms with Gasteiger partial charge in [-0.1, -0.05) is 15.9 Å². The lowest BCUT2D eigenvalue weighted by molar-refractivity contribution is -0.138. The summed E-state index contributed by atoms with van der Waals surface area (Å²) in [5.41, 5.74) is 1.62. The number of methoxy groups -OCH3 is 2. The highest BCUT2D eigenvalue weighted by molar-refractivity contribution is 9.11. The van der Waals surface area contributed by atoms with Gasteiger partial charge in [-0.25, -0.2) is 9.59 Å². The van der Waals surface area contributed by atoms with E-state index < -0.39 is 11.9 Å². The molecule has 0 saturated heterocycles. The van der Waals surface area contributed by atoms with Crippen LogP contribution in [0.4, 0.5) is 5.69 Å². The van der Waals surface area contributed by atoms with E-state index in [0.717, 1.165) is 20.6 Å². The Morgan fingerprint density at radius 3 is 2.35 bits per heavy atom. The standard InChI is InChI=1S/C13H13Br2NO4/c1-7-4-9(15)10(5-8(7)14)16-11(13(18)20-3)6-12(17)19-2/h4-6,16H,1-3H3/b11-6+. The first kappa shape index (κ1) is 16.7. The number of halogens is 2. The third-order valence-electron chi connectivity index (χ3n) is 2.39. The zero-order valence-corrected chi connectivity index (χ0v) is 14.3. The molecular formula is C13H13Br2NO4. The molecule has 0 bridgehead atoms. The van der Waals surface area contributed by atoms with Crippen LogP contribution in [0, 0.1) is 6.92 Å². The molecule has 7 heteroatoms. The van der Waals surface area contributed by atoms with E-state index >= 15 is 0 Å². The van der Waals surface area contributed by atoms with Crippen LogP contribution in [-0.4, -0.2) is 26.2 Å². The molecule has 5 nitrogen and oxygen atoms in total. The van der Waals surface area contributed by atoms with Crippen LogP contribution in [-0.2, 0) is 19.1 Å². The van der Waals surface area contributed by atoms with Crippen molar-refractivity contribution in [2.75, 3.05) is 19.5 Å². The average Bonchev–Trinajstić information content (AvgIpc) is 2.42. The summed E-state index contributed by atoms with van der Waals surface area (Å²) in [4.78, 5) is 22.9. The van der Waals surface area contributed by atoms with Crippen molar-refractivity contribution in [1.82, 2.24) is 0 Å². The van der Waals surface area contributed by atoms with E-state index in [1.807, 2.05) is 13.0 Å². The topological polar surface area (TPSA) is 64.6 Å². The van der Waals surface area contributed by atoms with Gasteiger partial charge < -0.3 is 14.8 Å². The van der Waals surface area contributed by atoms with Crippen LogP contribution in [0.25, 0.3) is 0 Å². The van der Waals surface area contributed by atoms with E-state index in [1.165, 1.54) is 14.2 Å². The smallest absolute Gasteiger partial charge is 0.354 e. The summed E-state index contributed by atoms with van der Waals surface area (Å²) in [5, 5.41) is 2.84. The maximum Gasteiger partial charge on any atom is 0.354 e. The van der Waals surface area contributed by atoms with Gasteiger partial charge in [-0.3, -0.25) is 0 Å². The molecule has 0 aliphatic rings. The summed E-state index contributed by atoms with van der Waals surface area (Å²) in [5.74, 6) is -1.32. The van der Waals surface area contributed by atoms with Gasteiger partial charge in [0.05, 0.1) is 26.0 Å². The molecule has 0 fully saturated rings. The Balaban J connectivity index is 3.14. The van der Waals surface area contributed by atoms with Gasteiger partial charge in [0.2, 0.25) is 0 Å². The number of aryl methyl sites for hydroxylation is 1. The maximum atomic E-state index is 11.6. The highest BCUT2D eigenvalue weighted by atomic mass is 79.9. The van der Waals surface area contributed by atoms with Crippen LogP contribution in [0.15, 0.2) is 32.9 Å². The predicted octanol–water partition coefficient (Wildman–Crippen LogP) is 3.16. The lowest BCUT2D eigenvalue weighted by atomic mass is 10.2. The largest absolute Gasteiger partial charge is 0.466 e. The average molecular weight is 407 g/mol. The number of rotatable bonds is 4. The minimum Gasteiger partial charge on any atom is -0.466 e. The molecule has 0 atom stereocenters. The Bertz CT molecular complexity index is 570. The lowest BCUT2D eigenvalue weighted by Gasteiger charge is -2.12. The van der Waals surface area contributed by atoms with Crippen molar-refractivity contribution >= 4 is 49.5 Å². The predicted molar refractivity (Wildman–Crippen MR) is 82.3 cm³/mol. The molecule has 1 N–H and O–H groups in total. The second kappa shape index (κ2) is 7.44. The minimum absolute atomic E-state index is 0.0178. The van der Waals surface area contributed by atoms with Gasteiger partial charge in [0, 0.05) is 8.95 Å². The fourth-order valence-electron chi connectivity index (χ4n) is 1.32. The van der Waals surface area contributed by atoms with Crippen molar-refractivity contribution in [3.05, 3.63) is 38.4 Å². The van der Waals surface area contributed by atoms with Gasteiger partial charge >= 0.3 is 11.9 Å². The van der Waals surface area contributed by atoms with Crippen molar-refractivity contribution in [2.24, 2.45) is 0 Å². The summed E-state index contributed by atoms with van der Waals surface area (Å²) in [6.45, 7) is 1.93. The number of ether oxygens (including phenoxy) is 2. The van der Waals surface area contributed by atoms with Crippen LogP contribution in [0.5, 0.6) is 0 Å². The van der Waals surface area contributed by atoms with E-state index in [2.05, 4.69) is 46.7 Å². The first-order valence-corrected chi connectivity index (χ1v) is 7.08. The number of hydrogen-bond donors (Lipinski definition) is 1. The molecule has 0 spiro atoms. The quantitative estimate of drug-likeness (QED) is 0.614. The first-order chi connectivity index (χ1) is 9.38. The Labute approximate surface area is 133 Å². The SMILES string of the molecule is COC(=O)/C=C(/Nc1cc(Br)c(C)cc1Br)C(=O)OC. The van der Waals surface area contributed by atoms with E-state index in [1.54, 1.807) is 6.07 Å². The number of esters is 2. The molecule has 1 rings (SSSR count). The lowest BCUT2D eigenvalue weighted by Crippen LogP contribution is -2.15. The zero-order valence-electron chi connectivity index (χ0n) is 11.1. The molecule has 0 radical (unpaired) electrons. The number of anilines is 1. The highest BCUT2D eigenvalue weighted by Crippen LogP contribution is 2.30. The molecule has 0 unspecified atom stereocenters. The summed E-state index contributed by atoms with van der Waals surface area (Å²) in [7, 11) is 2.46. The van der Waals surface area contributed by atoms with Crippen molar-refractivity contribution in [1.29, 1.82) is 0 Å². The van der Waals surface area contributed by atoms with Crippen LogP contribution < -0.4 is 5.32 Å². The van der Waals surface area contributed by atoms with Crippen molar-refractivity contribution < 1.29 is 19.1 Å². The van der Waals surface area contributed by atoms with Crippen LogP contribution >= 0.6 is 31.9 Å². The molecular weight excluding hydrogens is 394 g/mol. The Kier molecular flexibility index (Phi) is 6.22. The second-order valence-electron chi connectivity index (χ2n) is 3.78. The molecule has 108 valence electrons. The van der Waals surface area contributed by atoms with E-state index in [-0.39, 0.29) is 5.70 Å². The monoisotopic (exact) mass is 405 g/mol. The fraction of sp³-hybridized carbons (Fsp3) is 0.231. The fourth-order valence-corrected chi connectivity index (χ4v) is 2.22. The van der Waals surface area contributed by atoms with Crippen LogP contribution in [0.1, 0.15) is 5.56 Å². The van der Waals surface area contributed by atoms with Gasteiger partial charge in [-0.2, -0.15) is 0 Å². The molecule has 0 amide bonds. The van der Waals surface area contributed by atoms with Crippen molar-refractivity contribution in [3.63, 3.8) is 0 Å². The molecule has 0 aliphatic heterocycles. The van der Waals surface area contributed by atoms with Crippen LogP contribution in [0.3, 0.4) is 0 Å². The van der Waals surface area contributed by atoms with Gasteiger partial charge in [0.25, 0.3) is 0 Å². The van der Waals surface area contributed by atoms with Crippen LogP contribution in [0.2, 0.25) is 0 Å². The van der Waals surface area contributed by atoms with Crippen molar-refractivity contribution in [2.45, 2.75) is 6.92 Å². The molecule has 0 heterocycles. The number of nitrogens with one attached hydrogen (secondary N) is 1. The van der Waals surface area contributed by atoms with Crippen molar-refractivity contribution in [3.8, 4) is 0 Å². The molecule has 1 aromatic rings.